The minimum atomic E-state index is -4.92. The molecule has 0 radical (unpaired) electrons. The van der Waals surface area contributed by atoms with Gasteiger partial charge in [-0.2, -0.15) is 0 Å². The molecule has 0 atom stereocenters. The van der Waals surface area contributed by atoms with Crippen LogP contribution in [-0.2, 0) is 10.4 Å². The van der Waals surface area contributed by atoms with Gasteiger partial charge in [-0.15, -0.1) is 17.0 Å². The topological polar surface area (TPSA) is 147 Å². The molecule has 0 spiro atoms. The second kappa shape index (κ2) is 12.0. The molecule has 0 aliphatic heterocycles. The van der Waals surface area contributed by atoms with Crippen LogP contribution >= 0.6 is 17.0 Å². The SMILES string of the molecule is Br.N.N.O=S(=O)([O-])O.[Na+]. The zero-order valence-corrected chi connectivity index (χ0v) is 9.43. The van der Waals surface area contributed by atoms with E-state index in [2.05, 4.69) is 0 Å². The molecule has 0 aliphatic rings. The van der Waals surface area contributed by atoms with E-state index >= 15 is 0 Å². The molecule has 56 valence electrons. The molecular formula is H8BrN2NaO4S. The molecule has 0 aromatic rings. The average Bonchev–Trinajstić information content (AvgIpc) is 0.722. The molecule has 9 heavy (non-hydrogen) atoms. The van der Waals surface area contributed by atoms with Gasteiger partial charge in [0, 0.05) is 0 Å². The maximum absolute atomic E-state index is 8.63. The fourth-order valence-electron chi connectivity index (χ4n) is 0. The van der Waals surface area contributed by atoms with Crippen molar-refractivity contribution >= 4 is 27.4 Å². The summed E-state index contributed by atoms with van der Waals surface area (Å²) < 4.78 is 32.8. The van der Waals surface area contributed by atoms with Gasteiger partial charge in [-0.05, 0) is 0 Å². The molecule has 0 amide bonds. The quantitative estimate of drug-likeness (QED) is 0.230. The van der Waals surface area contributed by atoms with Crippen LogP contribution in [0.4, 0.5) is 0 Å². The Morgan fingerprint density at radius 2 is 1.22 bits per heavy atom. The zero-order chi connectivity index (χ0) is 4.50. The molecule has 0 saturated heterocycles. The van der Waals surface area contributed by atoms with Crippen molar-refractivity contribution in [1.82, 2.24) is 12.3 Å². The predicted molar refractivity (Wildman–Crippen MR) is 32.7 cm³/mol. The first-order chi connectivity index (χ1) is 2.00. The molecule has 0 unspecified atom stereocenters. The predicted octanol–water partition coefficient (Wildman–Crippen LogP) is -3.09. The smallest absolute Gasteiger partial charge is 0.726 e. The Kier molecular flexibility index (Phi) is 42.4. The maximum Gasteiger partial charge on any atom is 1.00 e. The molecule has 0 saturated carbocycles. The van der Waals surface area contributed by atoms with Crippen molar-refractivity contribution < 1.29 is 47.1 Å². The van der Waals surface area contributed by atoms with Gasteiger partial charge in [0.15, 0.2) is 0 Å². The Balaban J connectivity index is -0.0000000133. The van der Waals surface area contributed by atoms with Gasteiger partial charge in [0.05, 0.1) is 0 Å². The summed E-state index contributed by atoms with van der Waals surface area (Å²) in [5.41, 5.74) is 0. The van der Waals surface area contributed by atoms with E-state index in [1.165, 1.54) is 0 Å². The Hall–Kier alpha value is 1.27. The van der Waals surface area contributed by atoms with Crippen molar-refractivity contribution in [2.75, 3.05) is 0 Å². The largest absolute Gasteiger partial charge is 1.00 e. The van der Waals surface area contributed by atoms with Crippen molar-refractivity contribution in [2.45, 2.75) is 0 Å². The minimum Gasteiger partial charge on any atom is -0.726 e. The van der Waals surface area contributed by atoms with Gasteiger partial charge >= 0.3 is 29.6 Å². The summed E-state index contributed by atoms with van der Waals surface area (Å²) in [7, 11) is -4.92. The van der Waals surface area contributed by atoms with Crippen LogP contribution in [0.3, 0.4) is 0 Å². The third kappa shape index (κ3) is 304. The molecule has 6 nitrogen and oxygen atoms in total. The van der Waals surface area contributed by atoms with Crippen LogP contribution in [0.25, 0.3) is 0 Å². The normalized spacial score (nSPS) is 6.44. The van der Waals surface area contributed by atoms with Gasteiger partial charge in [0.1, 0.15) is 0 Å². The second-order valence-electron chi connectivity index (χ2n) is 0.428. The van der Waals surface area contributed by atoms with Gasteiger partial charge in [-0.3, -0.25) is 4.55 Å². The number of rotatable bonds is 0. The van der Waals surface area contributed by atoms with Crippen LogP contribution in [0.2, 0.25) is 0 Å². The molecule has 0 aliphatic carbocycles. The van der Waals surface area contributed by atoms with Gasteiger partial charge in [-0.25, -0.2) is 8.42 Å². The molecule has 0 fully saturated rings. The molecule has 9 heteroatoms. The Morgan fingerprint density at radius 1 is 1.22 bits per heavy atom. The third-order valence-electron chi connectivity index (χ3n) is 0. The van der Waals surface area contributed by atoms with Gasteiger partial charge in [0.25, 0.3) is 0 Å². The summed E-state index contributed by atoms with van der Waals surface area (Å²) in [6.45, 7) is 0. The van der Waals surface area contributed by atoms with Crippen LogP contribution in [0.1, 0.15) is 0 Å². The molecular weight excluding hydrogens is 227 g/mol. The fraction of sp³-hybridized carbons (Fsp3) is 0. The van der Waals surface area contributed by atoms with Gasteiger partial charge in [0.2, 0.25) is 10.4 Å². The molecule has 0 aromatic heterocycles. The third-order valence-corrected chi connectivity index (χ3v) is 0. The standard InChI is InChI=1S/BrH.2H3N.Na.H2O4S/c;;;;1-5(2,3)4/h1H;2*1H3;;(H2,1,2,3,4)/q;;;+1;/p-1. The first kappa shape index (κ1) is 31.8. The van der Waals surface area contributed by atoms with E-state index in [1.54, 1.807) is 0 Å². The monoisotopic (exact) mass is 234 g/mol. The number of hydrogen-bond donors (Lipinski definition) is 3. The molecule has 0 aromatic carbocycles. The average molecular weight is 235 g/mol. The summed E-state index contributed by atoms with van der Waals surface area (Å²) in [6.07, 6.45) is 0. The summed E-state index contributed by atoms with van der Waals surface area (Å²) in [6, 6.07) is 0. The number of halogens is 1. The van der Waals surface area contributed by atoms with E-state index < -0.39 is 10.4 Å². The second-order valence-corrected chi connectivity index (χ2v) is 1.28. The van der Waals surface area contributed by atoms with Gasteiger partial charge in [-0.1, -0.05) is 0 Å². The van der Waals surface area contributed by atoms with Crippen LogP contribution in [-0.4, -0.2) is 17.5 Å². The summed E-state index contributed by atoms with van der Waals surface area (Å²) in [5.74, 6) is 0. The summed E-state index contributed by atoms with van der Waals surface area (Å²) in [5, 5.41) is 0. The first-order valence-electron chi connectivity index (χ1n) is 0.683. The van der Waals surface area contributed by atoms with Crippen molar-refractivity contribution in [3.8, 4) is 0 Å². The van der Waals surface area contributed by atoms with Crippen molar-refractivity contribution in [2.24, 2.45) is 0 Å². The van der Waals surface area contributed by atoms with E-state index in [0.29, 0.717) is 0 Å². The maximum atomic E-state index is 8.63. The Morgan fingerprint density at radius 3 is 1.22 bits per heavy atom. The Labute approximate surface area is 86.2 Å². The van der Waals surface area contributed by atoms with Crippen LogP contribution < -0.4 is 41.9 Å². The fourth-order valence-corrected chi connectivity index (χ4v) is 0. The molecule has 0 rings (SSSR count). The van der Waals surface area contributed by atoms with E-state index in [4.69, 9.17) is 17.5 Å². The van der Waals surface area contributed by atoms with E-state index in [9.17, 15) is 0 Å². The van der Waals surface area contributed by atoms with Crippen molar-refractivity contribution in [3.05, 3.63) is 0 Å². The minimum absolute atomic E-state index is 0. The van der Waals surface area contributed by atoms with Crippen LogP contribution in [0.5, 0.6) is 0 Å². The van der Waals surface area contributed by atoms with E-state index in [0.717, 1.165) is 0 Å². The van der Waals surface area contributed by atoms with Crippen LogP contribution in [0.15, 0.2) is 0 Å². The van der Waals surface area contributed by atoms with E-state index in [-0.39, 0.29) is 58.8 Å². The van der Waals surface area contributed by atoms with E-state index in [1.807, 2.05) is 0 Å². The zero-order valence-electron chi connectivity index (χ0n) is 4.90. The Bertz CT molecular complexity index is 102. The number of hydrogen-bond acceptors (Lipinski definition) is 5. The van der Waals surface area contributed by atoms with Crippen molar-refractivity contribution in [3.63, 3.8) is 0 Å². The van der Waals surface area contributed by atoms with Gasteiger partial charge < -0.3 is 16.9 Å². The summed E-state index contributed by atoms with van der Waals surface area (Å²) in [4.78, 5) is 0. The molecule has 0 bridgehead atoms. The first-order valence-corrected chi connectivity index (χ1v) is 2.05. The molecule has 0 heterocycles. The van der Waals surface area contributed by atoms with Crippen LogP contribution in [0, 0.1) is 0 Å². The van der Waals surface area contributed by atoms with Crippen molar-refractivity contribution in [1.29, 1.82) is 0 Å². The molecule has 7 N–H and O–H groups in total. The summed E-state index contributed by atoms with van der Waals surface area (Å²) >= 11 is 0.